The number of nitrogens with zero attached hydrogens (tertiary/aromatic N) is 3. The van der Waals surface area contributed by atoms with Crippen molar-refractivity contribution in [2.24, 2.45) is 0 Å². The molecule has 2 aromatic rings. The van der Waals surface area contributed by atoms with Crippen molar-refractivity contribution in [3.8, 4) is 5.75 Å². The van der Waals surface area contributed by atoms with Gasteiger partial charge in [0, 0.05) is 24.0 Å². The Morgan fingerprint density at radius 1 is 1.25 bits per heavy atom. The molecule has 0 spiro atoms. The Morgan fingerprint density at radius 2 is 2.00 bits per heavy atom. The van der Waals surface area contributed by atoms with E-state index in [1.54, 1.807) is 11.3 Å². The number of nitrogens with one attached hydrogen (secondary N) is 1. The maximum atomic E-state index is 12.7. The number of hydrogen-bond acceptors (Lipinski definition) is 5. The Kier molecular flexibility index (Phi) is 7.83. The van der Waals surface area contributed by atoms with E-state index >= 15 is 0 Å². The van der Waals surface area contributed by atoms with Crippen LogP contribution in [0.25, 0.3) is 0 Å². The molecule has 1 aromatic heterocycles. The summed E-state index contributed by atoms with van der Waals surface area (Å²) in [5.74, 6) is 0.842. The third kappa shape index (κ3) is 7.86. The summed E-state index contributed by atoms with van der Waals surface area (Å²) in [5, 5.41) is 5.95. The van der Waals surface area contributed by atoms with E-state index in [4.69, 9.17) is 4.74 Å². The molecule has 0 aliphatic carbocycles. The van der Waals surface area contributed by atoms with Gasteiger partial charge in [-0.05, 0) is 59.5 Å². The molecule has 0 bridgehead atoms. The Morgan fingerprint density at radius 3 is 2.64 bits per heavy atom. The number of aryl methyl sites for hydroxylation is 1. The number of amides is 2. The monoisotopic (exact) mass is 404 g/mol. The van der Waals surface area contributed by atoms with Crippen LogP contribution in [0.5, 0.6) is 5.75 Å². The summed E-state index contributed by atoms with van der Waals surface area (Å²) in [6.07, 6.45) is 0. The van der Waals surface area contributed by atoms with Crippen molar-refractivity contribution in [2.45, 2.75) is 46.4 Å². The lowest BCUT2D eigenvalue weighted by atomic mass is 10.1. The van der Waals surface area contributed by atoms with Crippen molar-refractivity contribution >= 4 is 17.4 Å². The number of rotatable bonds is 8. The van der Waals surface area contributed by atoms with Gasteiger partial charge in [-0.2, -0.15) is 0 Å². The van der Waals surface area contributed by atoms with Gasteiger partial charge < -0.3 is 19.9 Å². The summed E-state index contributed by atoms with van der Waals surface area (Å²) in [5.41, 5.74) is 1.77. The summed E-state index contributed by atoms with van der Waals surface area (Å²) >= 11 is 1.56. The van der Waals surface area contributed by atoms with Crippen LogP contribution in [0, 0.1) is 6.92 Å². The second-order valence-corrected chi connectivity index (χ2v) is 9.19. The molecule has 0 atom stereocenters. The quantitative estimate of drug-likeness (QED) is 0.725. The van der Waals surface area contributed by atoms with Crippen LogP contribution in [0.15, 0.2) is 29.6 Å². The lowest BCUT2D eigenvalue weighted by Gasteiger charge is -2.29. The Labute approximate surface area is 172 Å². The molecule has 2 rings (SSSR count). The lowest BCUT2D eigenvalue weighted by Crippen LogP contribution is -2.49. The number of likely N-dealkylation sites (N-methyl/N-ethyl adjacent to an activating group) is 1. The van der Waals surface area contributed by atoms with E-state index in [1.807, 2.05) is 76.3 Å². The van der Waals surface area contributed by atoms with Crippen molar-refractivity contribution in [1.29, 1.82) is 0 Å². The topological polar surface area (TPSA) is 57.7 Å². The number of aromatic nitrogens is 1. The number of benzene rings is 1. The van der Waals surface area contributed by atoms with Crippen molar-refractivity contribution in [3.05, 3.63) is 45.9 Å². The minimum atomic E-state index is -0.275. The molecule has 0 aliphatic rings. The second kappa shape index (κ2) is 9.89. The molecule has 28 heavy (non-hydrogen) atoms. The van der Waals surface area contributed by atoms with Gasteiger partial charge in [0.25, 0.3) is 0 Å². The maximum absolute atomic E-state index is 12.7. The first-order chi connectivity index (χ1) is 13.1. The molecule has 1 aromatic carbocycles. The molecular formula is C21H32N4O2S. The first-order valence-corrected chi connectivity index (χ1v) is 10.3. The van der Waals surface area contributed by atoms with Crippen LogP contribution >= 0.6 is 11.3 Å². The van der Waals surface area contributed by atoms with Crippen molar-refractivity contribution < 1.29 is 9.53 Å². The highest BCUT2D eigenvalue weighted by Gasteiger charge is 2.20. The number of carbonyl (C=O) groups is 1. The van der Waals surface area contributed by atoms with Gasteiger partial charge in [-0.15, -0.1) is 11.3 Å². The van der Waals surface area contributed by atoms with Crippen LogP contribution in [0.4, 0.5) is 4.79 Å². The minimum Gasteiger partial charge on any atom is -0.486 e. The number of hydrogen-bond donors (Lipinski definition) is 1. The van der Waals surface area contributed by atoms with Gasteiger partial charge in [-0.3, -0.25) is 0 Å². The predicted octanol–water partition coefficient (Wildman–Crippen LogP) is 3.90. The second-order valence-electron chi connectivity index (χ2n) is 8.24. The number of carbonyl (C=O) groups excluding carboxylic acids is 1. The van der Waals surface area contributed by atoms with Gasteiger partial charge in [0.1, 0.15) is 17.4 Å². The van der Waals surface area contributed by atoms with Gasteiger partial charge >= 0.3 is 6.03 Å². The van der Waals surface area contributed by atoms with Crippen LogP contribution in [-0.4, -0.2) is 53.5 Å². The molecule has 154 valence electrons. The maximum Gasteiger partial charge on any atom is 0.318 e. The van der Waals surface area contributed by atoms with Crippen LogP contribution < -0.4 is 10.1 Å². The molecule has 0 fully saturated rings. The van der Waals surface area contributed by atoms with E-state index in [0.29, 0.717) is 19.7 Å². The summed E-state index contributed by atoms with van der Waals surface area (Å²) in [4.78, 5) is 21.2. The van der Waals surface area contributed by atoms with Gasteiger partial charge in [-0.1, -0.05) is 12.1 Å². The zero-order chi connectivity index (χ0) is 20.7. The van der Waals surface area contributed by atoms with E-state index < -0.39 is 0 Å². The van der Waals surface area contributed by atoms with Crippen LogP contribution in [0.3, 0.4) is 0 Å². The number of urea groups is 1. The zero-order valence-corrected chi connectivity index (χ0v) is 18.6. The Hall–Kier alpha value is -2.12. The average molecular weight is 405 g/mol. The van der Waals surface area contributed by atoms with Gasteiger partial charge in [0.05, 0.1) is 12.2 Å². The van der Waals surface area contributed by atoms with Crippen molar-refractivity contribution in [3.63, 3.8) is 0 Å². The highest BCUT2D eigenvalue weighted by Crippen LogP contribution is 2.17. The molecule has 0 saturated heterocycles. The zero-order valence-electron chi connectivity index (χ0n) is 17.8. The van der Waals surface area contributed by atoms with E-state index in [0.717, 1.165) is 23.0 Å². The molecule has 0 unspecified atom stereocenters. The fraction of sp³-hybridized carbons (Fsp3) is 0.524. The van der Waals surface area contributed by atoms with Gasteiger partial charge in [0.15, 0.2) is 0 Å². The molecule has 1 N–H and O–H groups in total. The molecule has 7 heteroatoms. The minimum absolute atomic E-state index is 0.0695. The standard InChI is InChI=1S/C21H32N4O2S/c1-16-8-7-9-18(12-16)27-14-19-22-17(15-28-19)13-25(11-10-24(5)6)20(26)23-21(2,3)4/h7-9,12,15H,10-11,13-14H2,1-6H3,(H,23,26). The summed E-state index contributed by atoms with van der Waals surface area (Å²) in [7, 11) is 4.01. The highest BCUT2D eigenvalue weighted by atomic mass is 32.1. The number of ether oxygens (including phenoxy) is 1. The molecule has 0 aliphatic heterocycles. The Bertz CT molecular complexity index is 768. The van der Waals surface area contributed by atoms with E-state index in [-0.39, 0.29) is 11.6 Å². The van der Waals surface area contributed by atoms with E-state index in [9.17, 15) is 4.79 Å². The lowest BCUT2D eigenvalue weighted by molar-refractivity contribution is 0.179. The molecule has 0 radical (unpaired) electrons. The SMILES string of the molecule is Cc1cccc(OCc2nc(CN(CCN(C)C)C(=O)NC(C)(C)C)cs2)c1. The third-order valence-electron chi connectivity index (χ3n) is 3.89. The predicted molar refractivity (Wildman–Crippen MR) is 115 cm³/mol. The van der Waals surface area contributed by atoms with Gasteiger partial charge in [-0.25, -0.2) is 9.78 Å². The normalized spacial score (nSPS) is 11.5. The fourth-order valence-corrected chi connectivity index (χ4v) is 3.20. The highest BCUT2D eigenvalue weighted by molar-refractivity contribution is 7.09. The first-order valence-electron chi connectivity index (χ1n) is 9.47. The van der Waals surface area contributed by atoms with E-state index in [2.05, 4.69) is 15.2 Å². The molecular weight excluding hydrogens is 372 g/mol. The largest absolute Gasteiger partial charge is 0.486 e. The van der Waals surface area contributed by atoms with Crippen molar-refractivity contribution in [2.75, 3.05) is 27.2 Å². The van der Waals surface area contributed by atoms with Crippen molar-refractivity contribution in [1.82, 2.24) is 20.1 Å². The first kappa shape index (κ1) is 22.2. The van der Waals surface area contributed by atoms with Crippen LogP contribution in [-0.2, 0) is 13.2 Å². The average Bonchev–Trinajstić information content (AvgIpc) is 3.02. The number of thiazole rings is 1. The smallest absolute Gasteiger partial charge is 0.318 e. The third-order valence-corrected chi connectivity index (χ3v) is 4.76. The molecule has 6 nitrogen and oxygen atoms in total. The van der Waals surface area contributed by atoms with Gasteiger partial charge in [0.2, 0.25) is 0 Å². The van der Waals surface area contributed by atoms with Crippen LogP contribution in [0.1, 0.15) is 37.0 Å². The summed E-state index contributed by atoms with van der Waals surface area (Å²) in [6.45, 7) is 10.3. The van der Waals surface area contributed by atoms with Crippen LogP contribution in [0.2, 0.25) is 0 Å². The summed E-state index contributed by atoms with van der Waals surface area (Å²) < 4.78 is 5.83. The summed E-state index contributed by atoms with van der Waals surface area (Å²) in [6, 6.07) is 7.91. The Balaban J connectivity index is 1.98. The molecule has 0 saturated carbocycles. The molecule has 1 heterocycles. The fourth-order valence-electron chi connectivity index (χ4n) is 2.51. The molecule has 2 amide bonds. The van der Waals surface area contributed by atoms with E-state index in [1.165, 1.54) is 5.56 Å².